The highest BCUT2D eigenvalue weighted by Crippen LogP contribution is 2.34. The van der Waals surface area contributed by atoms with Crippen LogP contribution in [0.1, 0.15) is 56.3 Å². The number of H-pyrrole nitrogens is 1. The van der Waals surface area contributed by atoms with Crippen LogP contribution < -0.4 is 10.3 Å². The van der Waals surface area contributed by atoms with E-state index in [1.165, 1.54) is 16.7 Å². The van der Waals surface area contributed by atoms with Crippen molar-refractivity contribution in [2.75, 3.05) is 0 Å². The van der Waals surface area contributed by atoms with Gasteiger partial charge < -0.3 is 9.72 Å². The minimum Gasteiger partial charge on any atom is -0.425 e. The first-order valence-corrected chi connectivity index (χ1v) is 9.72. The van der Waals surface area contributed by atoms with Crippen LogP contribution in [0.5, 0.6) is 11.8 Å². The van der Waals surface area contributed by atoms with Crippen molar-refractivity contribution in [3.8, 4) is 11.8 Å². The lowest BCUT2D eigenvalue weighted by atomic mass is 10.1. The highest BCUT2D eigenvalue weighted by Gasteiger charge is 2.31. The Labute approximate surface area is 164 Å². The molecule has 1 aromatic carbocycles. The molecule has 6 nitrogen and oxygen atoms in total. The summed E-state index contributed by atoms with van der Waals surface area (Å²) in [4.78, 5) is 24.9. The summed E-state index contributed by atoms with van der Waals surface area (Å²) in [7, 11) is 0. The molecule has 9 heteroatoms. The van der Waals surface area contributed by atoms with Crippen LogP contribution in [-0.4, -0.2) is 19.5 Å². The van der Waals surface area contributed by atoms with Crippen molar-refractivity contribution < 1.29 is 17.9 Å². The Morgan fingerprint density at radius 1 is 1.24 bits per heavy atom. The molecule has 0 radical (unpaired) electrons. The van der Waals surface area contributed by atoms with E-state index in [1.807, 2.05) is 6.92 Å². The van der Waals surface area contributed by atoms with Gasteiger partial charge in [-0.3, -0.25) is 9.36 Å². The second-order valence-electron chi connectivity index (χ2n) is 7.28. The Hall–Kier alpha value is -2.84. The van der Waals surface area contributed by atoms with Crippen molar-refractivity contribution in [3.05, 3.63) is 46.0 Å². The molecular formula is C20H21F3N4O2. The summed E-state index contributed by atoms with van der Waals surface area (Å²) in [6.07, 6.45) is 0.416. The fourth-order valence-electron chi connectivity index (χ4n) is 3.72. The van der Waals surface area contributed by atoms with Gasteiger partial charge in [-0.2, -0.15) is 18.2 Å². The second-order valence-corrected chi connectivity index (χ2v) is 7.28. The van der Waals surface area contributed by atoms with E-state index in [0.29, 0.717) is 18.5 Å². The molecule has 1 aliphatic carbocycles. The van der Waals surface area contributed by atoms with Crippen LogP contribution in [0.2, 0.25) is 0 Å². The van der Waals surface area contributed by atoms with E-state index in [-0.39, 0.29) is 28.9 Å². The lowest BCUT2D eigenvalue weighted by Gasteiger charge is -2.13. The Bertz CT molecular complexity index is 1080. The topological polar surface area (TPSA) is 72.8 Å². The van der Waals surface area contributed by atoms with Gasteiger partial charge in [0, 0.05) is 12.5 Å². The lowest BCUT2D eigenvalue weighted by molar-refractivity contribution is -0.137. The Balaban J connectivity index is 1.76. The third kappa shape index (κ3) is 3.86. The number of rotatable bonds is 5. The maximum Gasteiger partial charge on any atom is 0.416 e. The summed E-state index contributed by atoms with van der Waals surface area (Å²) in [5.41, 5.74) is -0.637. The number of benzene rings is 1. The minimum atomic E-state index is -4.49. The van der Waals surface area contributed by atoms with E-state index in [4.69, 9.17) is 4.74 Å². The molecule has 0 atom stereocenters. The van der Waals surface area contributed by atoms with Gasteiger partial charge >= 0.3 is 12.2 Å². The van der Waals surface area contributed by atoms with Gasteiger partial charge in [0.1, 0.15) is 11.6 Å². The quantitative estimate of drug-likeness (QED) is 0.647. The monoisotopic (exact) mass is 406 g/mol. The molecule has 0 saturated heterocycles. The zero-order chi connectivity index (χ0) is 20.6. The van der Waals surface area contributed by atoms with Crippen LogP contribution in [-0.2, 0) is 12.7 Å². The van der Waals surface area contributed by atoms with Gasteiger partial charge in [-0.05, 0) is 37.5 Å². The van der Waals surface area contributed by atoms with Crippen molar-refractivity contribution >= 4 is 11.2 Å². The number of nitrogens with zero attached hydrogens (tertiary/aromatic N) is 3. The molecule has 2 aromatic heterocycles. The first-order chi connectivity index (χ1) is 13.9. The van der Waals surface area contributed by atoms with E-state index in [0.717, 1.165) is 43.6 Å². The lowest BCUT2D eigenvalue weighted by Crippen LogP contribution is -2.23. The van der Waals surface area contributed by atoms with Gasteiger partial charge in [0.05, 0.1) is 5.56 Å². The average Bonchev–Trinajstić information content (AvgIpc) is 3.34. The molecular weight excluding hydrogens is 385 g/mol. The highest BCUT2D eigenvalue weighted by molar-refractivity contribution is 5.70. The van der Waals surface area contributed by atoms with Gasteiger partial charge in [-0.25, -0.2) is 4.98 Å². The fourth-order valence-corrected chi connectivity index (χ4v) is 3.72. The third-order valence-electron chi connectivity index (χ3n) is 5.15. The van der Waals surface area contributed by atoms with Crippen molar-refractivity contribution in [3.63, 3.8) is 0 Å². The molecule has 0 spiro atoms. The number of fused-ring (bicyclic) bond motifs is 1. The predicted molar refractivity (Wildman–Crippen MR) is 101 cm³/mol. The number of halogens is 3. The van der Waals surface area contributed by atoms with Crippen LogP contribution in [0, 0.1) is 0 Å². The summed E-state index contributed by atoms with van der Waals surface area (Å²) < 4.78 is 45.9. The van der Waals surface area contributed by atoms with Crippen molar-refractivity contribution in [2.24, 2.45) is 0 Å². The van der Waals surface area contributed by atoms with E-state index in [9.17, 15) is 18.0 Å². The predicted octanol–water partition coefficient (Wildman–Crippen LogP) is 5.00. The van der Waals surface area contributed by atoms with E-state index >= 15 is 0 Å². The minimum absolute atomic E-state index is 0.0394. The first kappa shape index (κ1) is 19.5. The van der Waals surface area contributed by atoms with E-state index < -0.39 is 11.7 Å². The molecule has 0 amide bonds. The van der Waals surface area contributed by atoms with Gasteiger partial charge in [-0.1, -0.05) is 25.8 Å². The van der Waals surface area contributed by atoms with E-state index in [2.05, 4.69) is 15.0 Å². The van der Waals surface area contributed by atoms with Crippen LogP contribution in [0.3, 0.4) is 0 Å². The summed E-state index contributed by atoms with van der Waals surface area (Å²) in [5, 5.41) is 0. The second kappa shape index (κ2) is 7.53. The molecule has 1 fully saturated rings. The smallest absolute Gasteiger partial charge is 0.416 e. The van der Waals surface area contributed by atoms with Crippen molar-refractivity contribution in [2.45, 2.75) is 57.7 Å². The Morgan fingerprint density at radius 3 is 2.69 bits per heavy atom. The van der Waals surface area contributed by atoms with Gasteiger partial charge in [0.15, 0.2) is 11.2 Å². The molecule has 154 valence electrons. The fraction of sp³-hybridized carbons (Fsp3) is 0.450. The molecule has 0 unspecified atom stereocenters. The molecule has 29 heavy (non-hydrogen) atoms. The van der Waals surface area contributed by atoms with E-state index in [1.54, 1.807) is 0 Å². The SMILES string of the molecule is CCCn1c(Oc2cccc(C(F)(F)F)c2)nc2nc(C3CCCC3)[nH]c2c1=O. The molecule has 1 N–H and O–H groups in total. The van der Waals surface area contributed by atoms with Crippen LogP contribution in [0.4, 0.5) is 13.2 Å². The number of alkyl halides is 3. The number of hydrogen-bond acceptors (Lipinski definition) is 4. The molecule has 2 heterocycles. The number of aromatic nitrogens is 4. The van der Waals surface area contributed by atoms with Crippen LogP contribution >= 0.6 is 0 Å². The summed E-state index contributed by atoms with van der Waals surface area (Å²) in [6.45, 7) is 2.22. The first-order valence-electron chi connectivity index (χ1n) is 9.72. The van der Waals surface area contributed by atoms with Gasteiger partial charge in [0.2, 0.25) is 0 Å². The summed E-state index contributed by atoms with van der Waals surface area (Å²) in [6, 6.07) is 4.45. The average molecular weight is 406 g/mol. The Morgan fingerprint density at radius 2 is 2.00 bits per heavy atom. The van der Waals surface area contributed by atoms with Crippen molar-refractivity contribution in [1.29, 1.82) is 0 Å². The molecule has 0 bridgehead atoms. The molecule has 1 saturated carbocycles. The standard InChI is InChI=1S/C20H21F3N4O2/c1-2-10-27-18(28)15-17(25-16(24-15)12-6-3-4-7-12)26-19(27)29-14-9-5-8-13(11-14)20(21,22)23/h5,8-9,11-12H,2-4,6-7,10H2,1H3,(H,24,25). The number of ether oxygens (including phenoxy) is 1. The molecule has 3 aromatic rings. The summed E-state index contributed by atoms with van der Waals surface area (Å²) >= 11 is 0. The number of imidazole rings is 1. The molecule has 4 rings (SSSR count). The van der Waals surface area contributed by atoms with Gasteiger partial charge in [-0.15, -0.1) is 0 Å². The molecule has 0 aliphatic heterocycles. The zero-order valence-electron chi connectivity index (χ0n) is 15.9. The number of aromatic amines is 1. The Kier molecular flexibility index (Phi) is 5.06. The van der Waals surface area contributed by atoms with Gasteiger partial charge in [0.25, 0.3) is 5.56 Å². The van der Waals surface area contributed by atoms with Crippen molar-refractivity contribution in [1.82, 2.24) is 19.5 Å². The zero-order valence-corrected chi connectivity index (χ0v) is 15.9. The van der Waals surface area contributed by atoms with Crippen LogP contribution in [0.25, 0.3) is 11.2 Å². The summed E-state index contributed by atoms with van der Waals surface area (Å²) in [5.74, 6) is 0.972. The number of hydrogen-bond donors (Lipinski definition) is 1. The normalized spacial score (nSPS) is 15.3. The maximum atomic E-state index is 13.0. The maximum absolute atomic E-state index is 13.0. The number of nitrogens with one attached hydrogen (secondary N) is 1. The third-order valence-corrected chi connectivity index (χ3v) is 5.15. The largest absolute Gasteiger partial charge is 0.425 e. The highest BCUT2D eigenvalue weighted by atomic mass is 19.4. The molecule has 1 aliphatic rings. The van der Waals surface area contributed by atoms with Crippen LogP contribution in [0.15, 0.2) is 29.1 Å².